The maximum atomic E-state index is 12.0. The molecule has 3 aromatic rings. The summed E-state index contributed by atoms with van der Waals surface area (Å²) in [5, 5.41) is 9.48. The minimum atomic E-state index is -0.496. The molecule has 0 aliphatic heterocycles. The Morgan fingerprint density at radius 2 is 2.16 bits per heavy atom. The largest absolute Gasteiger partial charge is 0.462 e. The average molecular weight is 337 g/mol. The van der Waals surface area contributed by atoms with Gasteiger partial charge < -0.3 is 10.1 Å². The number of esters is 1. The molecular formula is C17H15N5O3. The summed E-state index contributed by atoms with van der Waals surface area (Å²) in [6.07, 6.45) is 2.75. The van der Waals surface area contributed by atoms with Crippen LogP contribution in [-0.4, -0.2) is 32.7 Å². The summed E-state index contributed by atoms with van der Waals surface area (Å²) in [4.78, 5) is 31.1. The number of nitrogens with one attached hydrogen (secondary N) is 2. The molecule has 2 N–H and O–H groups in total. The normalized spacial score (nSPS) is 10.3. The van der Waals surface area contributed by atoms with E-state index in [1.165, 1.54) is 18.6 Å². The molecule has 0 aliphatic rings. The number of hydrogen-bond donors (Lipinski definition) is 2. The Balaban J connectivity index is 1.89. The summed E-state index contributed by atoms with van der Waals surface area (Å²) in [6.45, 7) is 2.00. The number of H-pyrrole nitrogens is 1. The maximum absolute atomic E-state index is 12.0. The van der Waals surface area contributed by atoms with Gasteiger partial charge in [-0.25, -0.2) is 19.9 Å². The Morgan fingerprint density at radius 1 is 1.28 bits per heavy atom. The fourth-order valence-corrected chi connectivity index (χ4v) is 2.19. The second kappa shape index (κ2) is 7.35. The predicted molar refractivity (Wildman–Crippen MR) is 91.6 cm³/mol. The molecule has 0 amide bonds. The molecule has 0 atom stereocenters. The van der Waals surface area contributed by atoms with Crippen LogP contribution in [0.2, 0.25) is 0 Å². The first kappa shape index (κ1) is 16.3. The predicted octanol–water partition coefficient (Wildman–Crippen LogP) is 2.15. The highest BCUT2D eigenvalue weighted by Gasteiger charge is 2.14. The van der Waals surface area contributed by atoms with Crippen molar-refractivity contribution in [1.29, 1.82) is 0 Å². The summed E-state index contributed by atoms with van der Waals surface area (Å²) in [5.74, 6) is -0.149. The van der Waals surface area contributed by atoms with Gasteiger partial charge in [-0.1, -0.05) is 12.1 Å². The van der Waals surface area contributed by atoms with Crippen LogP contribution in [0, 0.1) is 0 Å². The first-order valence-corrected chi connectivity index (χ1v) is 7.57. The molecule has 0 spiro atoms. The number of aromatic nitrogens is 4. The zero-order valence-corrected chi connectivity index (χ0v) is 13.4. The maximum Gasteiger partial charge on any atom is 0.343 e. The van der Waals surface area contributed by atoms with E-state index in [-0.39, 0.29) is 17.7 Å². The molecule has 25 heavy (non-hydrogen) atoms. The Bertz CT molecular complexity index is 934. The summed E-state index contributed by atoms with van der Waals surface area (Å²) in [5.41, 5.74) is 2.11. The number of carbonyl (C=O) groups is 1. The first-order valence-electron chi connectivity index (χ1n) is 7.57. The third-order valence-electron chi connectivity index (χ3n) is 3.31. The topological polar surface area (TPSA) is 110 Å². The third-order valence-corrected chi connectivity index (χ3v) is 3.31. The molecule has 8 nitrogen and oxygen atoms in total. The van der Waals surface area contributed by atoms with Gasteiger partial charge in [-0.3, -0.25) is 4.79 Å². The van der Waals surface area contributed by atoms with Crippen molar-refractivity contribution >= 4 is 17.5 Å². The van der Waals surface area contributed by atoms with Crippen molar-refractivity contribution in [1.82, 2.24) is 20.2 Å². The van der Waals surface area contributed by atoms with Crippen molar-refractivity contribution in [2.45, 2.75) is 6.92 Å². The van der Waals surface area contributed by atoms with Crippen LogP contribution < -0.4 is 10.9 Å². The van der Waals surface area contributed by atoms with Crippen molar-refractivity contribution in [2.75, 3.05) is 11.9 Å². The monoisotopic (exact) mass is 337 g/mol. The molecule has 2 aromatic heterocycles. The lowest BCUT2D eigenvalue weighted by molar-refractivity contribution is 0.0526. The van der Waals surface area contributed by atoms with Gasteiger partial charge in [0.15, 0.2) is 0 Å². The first-order chi connectivity index (χ1) is 12.2. The molecule has 2 heterocycles. The Morgan fingerprint density at radius 3 is 2.92 bits per heavy atom. The van der Waals surface area contributed by atoms with Crippen molar-refractivity contribution in [2.24, 2.45) is 0 Å². The Labute approximate surface area is 142 Å². The highest BCUT2D eigenvalue weighted by atomic mass is 16.5. The van der Waals surface area contributed by atoms with Crippen molar-refractivity contribution < 1.29 is 9.53 Å². The minimum absolute atomic E-state index is 0.247. The van der Waals surface area contributed by atoms with E-state index < -0.39 is 5.97 Å². The summed E-state index contributed by atoms with van der Waals surface area (Å²) in [7, 11) is 0. The van der Waals surface area contributed by atoms with Crippen LogP contribution in [-0.2, 0) is 4.74 Å². The van der Waals surface area contributed by atoms with Crippen LogP contribution in [0.4, 0.5) is 11.5 Å². The molecule has 0 radical (unpaired) electrons. The summed E-state index contributed by atoms with van der Waals surface area (Å²) >= 11 is 0. The van der Waals surface area contributed by atoms with Gasteiger partial charge in [0.05, 0.1) is 12.3 Å². The fraction of sp³-hybridized carbons (Fsp3) is 0.118. The molecule has 0 aliphatic carbocycles. The second-order valence-electron chi connectivity index (χ2n) is 5.02. The number of rotatable bonds is 5. The van der Waals surface area contributed by atoms with Gasteiger partial charge >= 0.3 is 5.97 Å². The minimum Gasteiger partial charge on any atom is -0.462 e. The number of carbonyl (C=O) groups excluding carboxylic acids is 1. The van der Waals surface area contributed by atoms with Gasteiger partial charge in [0.1, 0.15) is 17.7 Å². The molecule has 0 unspecified atom stereocenters. The smallest absolute Gasteiger partial charge is 0.343 e. The lowest BCUT2D eigenvalue weighted by Crippen LogP contribution is -2.10. The van der Waals surface area contributed by atoms with Crippen molar-refractivity contribution in [3.05, 3.63) is 64.8 Å². The molecule has 3 rings (SSSR count). The quantitative estimate of drug-likeness (QED) is 0.686. The number of aromatic amines is 1. The molecule has 0 fully saturated rings. The summed E-state index contributed by atoms with van der Waals surface area (Å²) in [6, 6.07) is 10.4. The number of benzene rings is 1. The number of nitrogens with zero attached hydrogens (tertiary/aromatic N) is 3. The van der Waals surface area contributed by atoms with Crippen LogP contribution in [0.15, 0.2) is 53.7 Å². The van der Waals surface area contributed by atoms with Crippen LogP contribution in [0.3, 0.4) is 0 Å². The average Bonchev–Trinajstić information content (AvgIpc) is 2.63. The Kier molecular flexibility index (Phi) is 4.79. The second-order valence-corrected chi connectivity index (χ2v) is 5.02. The zero-order chi connectivity index (χ0) is 17.6. The van der Waals surface area contributed by atoms with E-state index in [1.807, 2.05) is 24.3 Å². The Hall–Kier alpha value is -3.55. The van der Waals surface area contributed by atoms with Gasteiger partial charge in [0.2, 0.25) is 0 Å². The van der Waals surface area contributed by atoms with Gasteiger partial charge in [-0.15, -0.1) is 0 Å². The van der Waals surface area contributed by atoms with E-state index in [9.17, 15) is 9.59 Å². The van der Waals surface area contributed by atoms with Crippen molar-refractivity contribution in [3.63, 3.8) is 0 Å². The lowest BCUT2D eigenvalue weighted by atomic mass is 10.1. The standard InChI is InChI=1S/C17H15N5O3/c1-2-25-17(24)13-9-18-10-19-16(13)20-12-5-3-4-11(8-12)14-6-7-15(23)22-21-14/h3-10H,2H2,1H3,(H,22,23)(H,18,19,20). The molecule has 8 heteroatoms. The molecule has 0 saturated carbocycles. The lowest BCUT2D eigenvalue weighted by Gasteiger charge is -2.10. The van der Waals surface area contributed by atoms with E-state index in [0.29, 0.717) is 17.2 Å². The number of hydrogen-bond acceptors (Lipinski definition) is 7. The summed E-state index contributed by atoms with van der Waals surface area (Å²) < 4.78 is 5.01. The molecule has 0 bridgehead atoms. The van der Waals surface area contributed by atoms with Gasteiger partial charge in [0, 0.05) is 23.5 Å². The third kappa shape index (κ3) is 3.86. The van der Waals surface area contributed by atoms with Crippen molar-refractivity contribution in [3.8, 4) is 11.3 Å². The van der Waals surface area contributed by atoms with E-state index in [2.05, 4.69) is 25.5 Å². The van der Waals surface area contributed by atoms with Gasteiger partial charge in [-0.2, -0.15) is 5.10 Å². The SMILES string of the molecule is CCOC(=O)c1cncnc1Nc1cccc(-c2ccc(=O)[nH]n2)c1. The van der Waals surface area contributed by atoms with E-state index in [0.717, 1.165) is 5.56 Å². The van der Waals surface area contributed by atoms with Crippen LogP contribution in [0.1, 0.15) is 17.3 Å². The van der Waals surface area contributed by atoms with E-state index in [4.69, 9.17) is 4.74 Å². The molecule has 1 aromatic carbocycles. The van der Waals surface area contributed by atoms with E-state index >= 15 is 0 Å². The molecule has 0 saturated heterocycles. The molecule has 126 valence electrons. The van der Waals surface area contributed by atoms with Crippen LogP contribution in [0.5, 0.6) is 0 Å². The van der Waals surface area contributed by atoms with Crippen LogP contribution >= 0.6 is 0 Å². The highest BCUT2D eigenvalue weighted by Crippen LogP contribution is 2.23. The number of anilines is 2. The van der Waals surface area contributed by atoms with Gasteiger partial charge in [-0.05, 0) is 25.1 Å². The molecular weight excluding hydrogens is 322 g/mol. The van der Waals surface area contributed by atoms with Crippen LogP contribution in [0.25, 0.3) is 11.3 Å². The van der Waals surface area contributed by atoms with E-state index in [1.54, 1.807) is 13.0 Å². The number of ether oxygens (including phenoxy) is 1. The van der Waals surface area contributed by atoms with Gasteiger partial charge in [0.25, 0.3) is 5.56 Å². The fourth-order valence-electron chi connectivity index (χ4n) is 2.19. The highest BCUT2D eigenvalue weighted by molar-refractivity contribution is 5.95. The zero-order valence-electron chi connectivity index (χ0n) is 13.4.